The van der Waals surface area contributed by atoms with Gasteiger partial charge >= 0.3 is 0 Å². The minimum atomic E-state index is -0.425. The maximum Gasteiger partial charge on any atom is 0.294 e. The van der Waals surface area contributed by atoms with Crippen molar-refractivity contribution in [3.8, 4) is 0 Å². The largest absolute Gasteiger partial charge is 0.322 e. The normalized spacial score (nSPS) is 10.9. The van der Waals surface area contributed by atoms with Gasteiger partial charge in [0.15, 0.2) is 5.82 Å². The summed E-state index contributed by atoms with van der Waals surface area (Å²) in [6.45, 7) is 4.24. The molecule has 0 spiro atoms. The highest BCUT2D eigenvalue weighted by molar-refractivity contribution is 6.04. The van der Waals surface area contributed by atoms with Gasteiger partial charge in [0.25, 0.3) is 5.91 Å². The third-order valence-corrected chi connectivity index (χ3v) is 3.95. The molecule has 128 valence electrons. The van der Waals surface area contributed by atoms with Crippen LogP contribution in [0.25, 0.3) is 0 Å². The number of rotatable bonds is 5. The first-order chi connectivity index (χ1) is 12.1. The highest BCUT2D eigenvalue weighted by Crippen LogP contribution is 2.23. The van der Waals surface area contributed by atoms with E-state index in [4.69, 9.17) is 0 Å². The van der Waals surface area contributed by atoms with Gasteiger partial charge < -0.3 is 9.47 Å². The smallest absolute Gasteiger partial charge is 0.294 e. The van der Waals surface area contributed by atoms with Crippen molar-refractivity contribution in [1.82, 2.24) is 9.55 Å². The van der Waals surface area contributed by atoms with Gasteiger partial charge in [0, 0.05) is 25.0 Å². The molecule has 5 heteroatoms. The zero-order valence-electron chi connectivity index (χ0n) is 14.3. The van der Waals surface area contributed by atoms with Crippen LogP contribution >= 0.6 is 0 Å². The lowest BCUT2D eigenvalue weighted by Gasteiger charge is -2.27. The van der Waals surface area contributed by atoms with Gasteiger partial charge in [-0.15, -0.1) is 0 Å². The summed E-state index contributed by atoms with van der Waals surface area (Å²) in [5.74, 6) is -0.451. The number of aromatic nitrogens is 2. The Kier molecular flexibility index (Phi) is 4.93. The fraction of sp³-hybridized carbons (Fsp3) is 0.200. The van der Waals surface area contributed by atoms with Crippen LogP contribution in [-0.4, -0.2) is 21.5 Å². The average molecular weight is 337 g/mol. The van der Waals surface area contributed by atoms with E-state index in [0.29, 0.717) is 12.4 Å². The number of benzene rings is 2. The number of amides is 1. The summed E-state index contributed by atoms with van der Waals surface area (Å²) in [7, 11) is 0. The van der Waals surface area contributed by atoms with Crippen molar-refractivity contribution in [2.24, 2.45) is 0 Å². The third kappa shape index (κ3) is 3.60. The van der Waals surface area contributed by atoms with E-state index in [1.54, 1.807) is 35.2 Å². The van der Waals surface area contributed by atoms with E-state index in [1.807, 2.05) is 44.2 Å². The van der Waals surface area contributed by atoms with Crippen LogP contribution in [0.15, 0.2) is 67.0 Å². The Bertz CT molecular complexity index is 858. The number of carbonyl (C=O) groups is 1. The molecule has 0 fully saturated rings. The Hall–Kier alpha value is -2.95. The lowest BCUT2D eigenvalue weighted by Crippen LogP contribution is -2.39. The zero-order chi connectivity index (χ0) is 17.8. The molecule has 0 atom stereocenters. The lowest BCUT2D eigenvalue weighted by atomic mass is 10.2. The maximum atomic E-state index is 14.2. The number of halogens is 1. The molecule has 4 nitrogen and oxygen atoms in total. The Labute approximate surface area is 146 Å². The maximum absolute atomic E-state index is 14.2. The molecule has 3 rings (SSSR count). The second-order valence-corrected chi connectivity index (χ2v) is 6.08. The molecule has 1 amide bonds. The molecule has 1 heterocycles. The highest BCUT2D eigenvalue weighted by Gasteiger charge is 2.26. The quantitative estimate of drug-likeness (QED) is 0.702. The lowest BCUT2D eigenvalue weighted by molar-refractivity contribution is 0.0965. The Morgan fingerprint density at radius 2 is 1.80 bits per heavy atom. The van der Waals surface area contributed by atoms with Crippen LogP contribution in [0.3, 0.4) is 0 Å². The number of para-hydroxylation sites is 1. The molecule has 0 N–H and O–H groups in total. The molecule has 1 aromatic heterocycles. The highest BCUT2D eigenvalue weighted by atomic mass is 19.1. The summed E-state index contributed by atoms with van der Waals surface area (Å²) in [5, 5.41) is 0. The van der Waals surface area contributed by atoms with Crippen molar-refractivity contribution in [2.45, 2.75) is 26.4 Å². The van der Waals surface area contributed by atoms with Gasteiger partial charge in [-0.2, -0.15) is 0 Å². The molecule has 0 radical (unpaired) electrons. The molecule has 2 aromatic carbocycles. The van der Waals surface area contributed by atoms with E-state index >= 15 is 0 Å². The van der Waals surface area contributed by atoms with Gasteiger partial charge in [-0.3, -0.25) is 4.79 Å². The fourth-order valence-electron chi connectivity index (χ4n) is 2.79. The van der Waals surface area contributed by atoms with Crippen molar-refractivity contribution < 1.29 is 9.18 Å². The summed E-state index contributed by atoms with van der Waals surface area (Å²) in [4.78, 5) is 18.8. The number of nitrogens with zero attached hydrogens (tertiary/aromatic N) is 3. The molecule has 0 saturated heterocycles. The first-order valence-electron chi connectivity index (χ1n) is 8.21. The van der Waals surface area contributed by atoms with Crippen molar-refractivity contribution in [3.63, 3.8) is 0 Å². The standard InChI is InChI=1S/C20H20FN3O/c1-15(2)24(18-11-7-6-10-17(18)21)20(25)19-22-12-13-23(19)14-16-8-4-3-5-9-16/h3-13,15H,14H2,1-2H3. The summed E-state index contributed by atoms with van der Waals surface area (Å²) >= 11 is 0. The number of carbonyl (C=O) groups excluding carboxylic acids is 1. The van der Waals surface area contributed by atoms with Crippen molar-refractivity contribution in [3.05, 3.63) is 84.2 Å². The predicted molar refractivity (Wildman–Crippen MR) is 96.1 cm³/mol. The van der Waals surface area contributed by atoms with Crippen molar-refractivity contribution in [1.29, 1.82) is 0 Å². The van der Waals surface area contributed by atoms with E-state index in [9.17, 15) is 9.18 Å². The Morgan fingerprint density at radius 1 is 1.12 bits per heavy atom. The Morgan fingerprint density at radius 3 is 2.48 bits per heavy atom. The van der Waals surface area contributed by atoms with Crippen LogP contribution in [0, 0.1) is 5.82 Å². The van der Waals surface area contributed by atoms with E-state index < -0.39 is 5.82 Å². The van der Waals surface area contributed by atoms with E-state index in [2.05, 4.69) is 4.98 Å². The van der Waals surface area contributed by atoms with Gasteiger partial charge in [-0.05, 0) is 31.5 Å². The van der Waals surface area contributed by atoms with Gasteiger partial charge in [0.05, 0.1) is 5.69 Å². The molecular formula is C20H20FN3O. The molecule has 25 heavy (non-hydrogen) atoms. The van der Waals surface area contributed by atoms with Crippen molar-refractivity contribution >= 4 is 11.6 Å². The van der Waals surface area contributed by atoms with Crippen LogP contribution in [0.5, 0.6) is 0 Å². The van der Waals surface area contributed by atoms with Gasteiger partial charge in [0.1, 0.15) is 5.82 Å². The van der Waals surface area contributed by atoms with E-state index in [0.717, 1.165) is 5.56 Å². The first-order valence-corrected chi connectivity index (χ1v) is 8.21. The molecular weight excluding hydrogens is 317 g/mol. The van der Waals surface area contributed by atoms with Crippen molar-refractivity contribution in [2.75, 3.05) is 4.90 Å². The molecule has 3 aromatic rings. The third-order valence-electron chi connectivity index (χ3n) is 3.95. The molecule has 0 aliphatic rings. The number of anilines is 1. The first kappa shape index (κ1) is 16.9. The monoisotopic (exact) mass is 337 g/mol. The second kappa shape index (κ2) is 7.30. The topological polar surface area (TPSA) is 38.1 Å². The summed E-state index contributed by atoms with van der Waals surface area (Å²) in [6.07, 6.45) is 3.36. The zero-order valence-corrected chi connectivity index (χ0v) is 14.3. The number of hydrogen-bond acceptors (Lipinski definition) is 2. The average Bonchev–Trinajstić information content (AvgIpc) is 3.05. The van der Waals surface area contributed by atoms with Crippen LogP contribution in [0.1, 0.15) is 30.0 Å². The second-order valence-electron chi connectivity index (χ2n) is 6.08. The van der Waals surface area contributed by atoms with E-state index in [-0.39, 0.29) is 17.6 Å². The minimum Gasteiger partial charge on any atom is -0.322 e. The SMILES string of the molecule is CC(C)N(C(=O)c1nccn1Cc1ccccc1)c1ccccc1F. The Balaban J connectivity index is 1.94. The van der Waals surface area contributed by atoms with Gasteiger partial charge in [-0.25, -0.2) is 9.37 Å². The summed E-state index contributed by atoms with van der Waals surface area (Å²) in [5.41, 5.74) is 1.33. The van der Waals surface area contributed by atoms with Crippen LogP contribution in [0.4, 0.5) is 10.1 Å². The molecule has 0 aliphatic carbocycles. The summed E-state index contributed by atoms with van der Waals surface area (Å²) in [6, 6.07) is 15.9. The van der Waals surface area contributed by atoms with Crippen LogP contribution in [0.2, 0.25) is 0 Å². The minimum absolute atomic E-state index is 0.203. The summed E-state index contributed by atoms with van der Waals surface area (Å²) < 4.78 is 16.0. The predicted octanol–water partition coefficient (Wildman–Crippen LogP) is 4.13. The fourth-order valence-corrected chi connectivity index (χ4v) is 2.79. The van der Waals surface area contributed by atoms with Crippen LogP contribution in [-0.2, 0) is 6.54 Å². The molecule has 0 unspecified atom stereocenters. The van der Waals surface area contributed by atoms with Gasteiger partial charge in [0.2, 0.25) is 0 Å². The number of hydrogen-bond donors (Lipinski definition) is 0. The molecule has 0 bridgehead atoms. The molecule has 0 aliphatic heterocycles. The van der Waals surface area contributed by atoms with Gasteiger partial charge in [-0.1, -0.05) is 42.5 Å². The molecule has 0 saturated carbocycles. The van der Waals surface area contributed by atoms with Crippen LogP contribution < -0.4 is 4.90 Å². The number of imidazole rings is 1. The van der Waals surface area contributed by atoms with E-state index in [1.165, 1.54) is 11.0 Å².